The Morgan fingerprint density at radius 3 is 2.33 bits per heavy atom. The molecule has 0 saturated carbocycles. The van der Waals surface area contributed by atoms with Crippen molar-refractivity contribution in [3.8, 4) is 6.07 Å². The third-order valence-corrected chi connectivity index (χ3v) is 3.02. The van der Waals surface area contributed by atoms with Crippen LogP contribution in [0.3, 0.4) is 0 Å². The van der Waals surface area contributed by atoms with Crippen LogP contribution in [0.1, 0.15) is 11.1 Å². The molecule has 0 atom stereocenters. The summed E-state index contributed by atoms with van der Waals surface area (Å²) in [6.45, 7) is 0. The topological polar surface area (TPSA) is 36.1 Å². The van der Waals surface area contributed by atoms with Gasteiger partial charge in [-0.05, 0) is 24.3 Å². The van der Waals surface area contributed by atoms with E-state index < -0.39 is 0 Å². The number of hydrogen-bond donors (Lipinski definition) is 0. The molecule has 0 heterocycles. The van der Waals surface area contributed by atoms with E-state index in [1.54, 1.807) is 42.6 Å². The van der Waals surface area contributed by atoms with E-state index in [0.29, 0.717) is 26.9 Å². The molecule has 0 aromatic heterocycles. The maximum atomic E-state index is 8.95. The first-order chi connectivity index (χ1) is 8.72. The van der Waals surface area contributed by atoms with Gasteiger partial charge in [0.05, 0.1) is 21.3 Å². The molecule has 88 valence electrons. The molecule has 0 aliphatic heterocycles. The number of nitrogens with zero attached hydrogens (tertiary/aromatic N) is 2. The molecule has 0 N–H and O–H groups in total. The zero-order chi connectivity index (χ0) is 13.0. The van der Waals surface area contributed by atoms with E-state index in [9.17, 15) is 0 Å². The largest absolute Gasteiger partial charge is 0.255 e. The van der Waals surface area contributed by atoms with Crippen molar-refractivity contribution in [2.24, 2.45) is 4.99 Å². The molecule has 0 amide bonds. The van der Waals surface area contributed by atoms with Crippen LogP contribution in [0.15, 0.2) is 47.5 Å². The average molecular weight is 275 g/mol. The van der Waals surface area contributed by atoms with E-state index >= 15 is 0 Å². The van der Waals surface area contributed by atoms with Crippen LogP contribution in [0.25, 0.3) is 0 Å². The van der Waals surface area contributed by atoms with Crippen LogP contribution in [0.4, 0.5) is 5.69 Å². The molecular weight excluding hydrogens is 267 g/mol. The predicted molar refractivity (Wildman–Crippen MR) is 74.9 cm³/mol. The molecule has 2 rings (SSSR count). The average Bonchev–Trinajstić information content (AvgIpc) is 2.38. The number of nitriles is 1. The van der Waals surface area contributed by atoms with Crippen molar-refractivity contribution in [2.75, 3.05) is 0 Å². The van der Waals surface area contributed by atoms with Crippen LogP contribution in [0.5, 0.6) is 0 Å². The Labute approximate surface area is 115 Å². The summed E-state index contributed by atoms with van der Waals surface area (Å²) in [5.74, 6) is 0. The van der Waals surface area contributed by atoms with Gasteiger partial charge in [0, 0.05) is 11.8 Å². The third kappa shape index (κ3) is 2.70. The summed E-state index contributed by atoms with van der Waals surface area (Å²) in [5, 5.41) is 10.0. The molecule has 0 bridgehead atoms. The lowest BCUT2D eigenvalue weighted by Gasteiger charge is -2.01. The van der Waals surface area contributed by atoms with Crippen LogP contribution in [-0.2, 0) is 0 Å². The van der Waals surface area contributed by atoms with Crippen molar-refractivity contribution < 1.29 is 0 Å². The third-order valence-electron chi connectivity index (χ3n) is 2.36. The highest BCUT2D eigenvalue weighted by atomic mass is 35.5. The molecule has 0 aliphatic carbocycles. The second-order valence-corrected chi connectivity index (χ2v) is 4.34. The van der Waals surface area contributed by atoms with Crippen LogP contribution in [0.2, 0.25) is 10.0 Å². The lowest BCUT2D eigenvalue weighted by atomic mass is 10.2. The zero-order valence-corrected chi connectivity index (χ0v) is 10.8. The van der Waals surface area contributed by atoms with E-state index in [-0.39, 0.29) is 0 Å². The monoisotopic (exact) mass is 274 g/mol. The van der Waals surface area contributed by atoms with E-state index in [1.165, 1.54) is 0 Å². The van der Waals surface area contributed by atoms with Gasteiger partial charge in [0.25, 0.3) is 0 Å². The number of rotatable bonds is 2. The fourth-order valence-electron chi connectivity index (χ4n) is 1.45. The Kier molecular flexibility index (Phi) is 3.99. The Hall–Kier alpha value is -1.82. The van der Waals surface area contributed by atoms with E-state index in [1.807, 2.05) is 6.07 Å². The summed E-state index contributed by atoms with van der Waals surface area (Å²) in [5.41, 5.74) is 1.75. The first-order valence-corrected chi connectivity index (χ1v) is 5.95. The number of hydrogen-bond acceptors (Lipinski definition) is 2. The Bertz CT molecular complexity index is 622. The van der Waals surface area contributed by atoms with Crippen molar-refractivity contribution >= 4 is 35.1 Å². The molecule has 4 heteroatoms. The molecule has 0 fully saturated rings. The van der Waals surface area contributed by atoms with Gasteiger partial charge in [0.2, 0.25) is 0 Å². The van der Waals surface area contributed by atoms with Crippen molar-refractivity contribution in [1.29, 1.82) is 5.26 Å². The van der Waals surface area contributed by atoms with Crippen LogP contribution in [-0.4, -0.2) is 6.21 Å². The van der Waals surface area contributed by atoms with Crippen molar-refractivity contribution in [3.63, 3.8) is 0 Å². The Morgan fingerprint density at radius 2 is 1.67 bits per heavy atom. The van der Waals surface area contributed by atoms with Crippen LogP contribution >= 0.6 is 23.2 Å². The van der Waals surface area contributed by atoms with Gasteiger partial charge < -0.3 is 0 Å². The summed E-state index contributed by atoms with van der Waals surface area (Å²) in [6.07, 6.45) is 1.57. The number of halogens is 2. The minimum Gasteiger partial charge on any atom is -0.255 e. The van der Waals surface area contributed by atoms with Gasteiger partial charge in [-0.25, -0.2) is 0 Å². The SMILES string of the molecule is N#Cc1ccccc1N=Cc1c(Cl)cccc1Cl. The van der Waals surface area contributed by atoms with Gasteiger partial charge in [0.1, 0.15) is 6.07 Å². The summed E-state index contributed by atoms with van der Waals surface area (Å²) in [7, 11) is 0. The Morgan fingerprint density at radius 1 is 1.00 bits per heavy atom. The Balaban J connectivity index is 2.40. The molecule has 2 aromatic rings. The summed E-state index contributed by atoms with van der Waals surface area (Å²) >= 11 is 12.1. The molecule has 18 heavy (non-hydrogen) atoms. The van der Waals surface area contributed by atoms with Crippen LogP contribution < -0.4 is 0 Å². The lowest BCUT2D eigenvalue weighted by Crippen LogP contribution is -1.85. The first-order valence-electron chi connectivity index (χ1n) is 5.19. The minimum atomic E-state index is 0.511. The number of benzene rings is 2. The molecule has 0 spiro atoms. The zero-order valence-electron chi connectivity index (χ0n) is 9.27. The predicted octanol–water partition coefficient (Wildman–Crippen LogP) is 4.62. The van der Waals surface area contributed by atoms with E-state index in [2.05, 4.69) is 11.1 Å². The maximum absolute atomic E-state index is 8.95. The molecule has 0 radical (unpaired) electrons. The number of aliphatic imine (C=N–C) groups is 1. The fourth-order valence-corrected chi connectivity index (χ4v) is 1.94. The van der Waals surface area contributed by atoms with Gasteiger partial charge in [-0.2, -0.15) is 5.26 Å². The summed E-state index contributed by atoms with van der Waals surface area (Å²) in [6, 6.07) is 14.4. The number of para-hydroxylation sites is 1. The fraction of sp³-hybridized carbons (Fsp3) is 0. The highest BCUT2D eigenvalue weighted by molar-refractivity contribution is 6.38. The van der Waals surface area contributed by atoms with Gasteiger partial charge in [-0.1, -0.05) is 41.4 Å². The minimum absolute atomic E-state index is 0.511. The van der Waals surface area contributed by atoms with Crippen molar-refractivity contribution in [1.82, 2.24) is 0 Å². The summed E-state index contributed by atoms with van der Waals surface area (Å²) in [4.78, 5) is 4.25. The van der Waals surface area contributed by atoms with Crippen LogP contribution in [0, 0.1) is 11.3 Å². The molecule has 2 nitrogen and oxygen atoms in total. The molecule has 0 saturated heterocycles. The van der Waals surface area contributed by atoms with E-state index in [4.69, 9.17) is 28.5 Å². The van der Waals surface area contributed by atoms with Gasteiger partial charge in [-0.15, -0.1) is 0 Å². The molecular formula is C14H8Cl2N2. The van der Waals surface area contributed by atoms with E-state index in [0.717, 1.165) is 0 Å². The molecule has 2 aromatic carbocycles. The highest BCUT2D eigenvalue weighted by Gasteiger charge is 2.03. The van der Waals surface area contributed by atoms with Gasteiger partial charge >= 0.3 is 0 Å². The lowest BCUT2D eigenvalue weighted by molar-refractivity contribution is 1.44. The second-order valence-electron chi connectivity index (χ2n) is 3.52. The standard InChI is InChI=1S/C14H8Cl2N2/c15-12-5-3-6-13(16)11(12)9-18-14-7-2-1-4-10(14)8-17/h1-7,9H. The highest BCUT2D eigenvalue weighted by Crippen LogP contribution is 2.24. The van der Waals surface area contributed by atoms with Gasteiger partial charge in [-0.3, -0.25) is 4.99 Å². The normalized spacial score (nSPS) is 10.5. The quantitative estimate of drug-likeness (QED) is 0.737. The molecule has 0 unspecified atom stereocenters. The summed E-state index contributed by atoms with van der Waals surface area (Å²) < 4.78 is 0. The molecule has 0 aliphatic rings. The van der Waals surface area contributed by atoms with Gasteiger partial charge in [0.15, 0.2) is 0 Å². The smallest absolute Gasteiger partial charge is 0.101 e. The maximum Gasteiger partial charge on any atom is 0.101 e. The van der Waals surface area contributed by atoms with Crippen molar-refractivity contribution in [3.05, 3.63) is 63.6 Å². The first kappa shape index (κ1) is 12.6. The van der Waals surface area contributed by atoms with Crippen molar-refractivity contribution in [2.45, 2.75) is 0 Å². The second kappa shape index (κ2) is 5.68.